The Morgan fingerprint density at radius 2 is 2.10 bits per heavy atom. The van der Waals surface area contributed by atoms with Gasteiger partial charge in [0.05, 0.1) is 0 Å². The smallest absolute Gasteiger partial charge is 0.237 e. The first kappa shape index (κ1) is 19.4. The lowest BCUT2D eigenvalue weighted by atomic mass is 9.74. The zero-order chi connectivity index (χ0) is 21.6. The average molecular weight is 416 g/mol. The van der Waals surface area contributed by atoms with Crippen LogP contribution in [-0.2, 0) is 28.5 Å². The van der Waals surface area contributed by atoms with Gasteiger partial charge < -0.3 is 19.9 Å². The number of phenols is 1. The number of aromatic nitrogens is 2. The van der Waals surface area contributed by atoms with E-state index < -0.39 is 11.5 Å². The minimum absolute atomic E-state index is 0.0228. The first-order chi connectivity index (χ1) is 15.0. The summed E-state index contributed by atoms with van der Waals surface area (Å²) in [6, 6.07) is 14.2. The summed E-state index contributed by atoms with van der Waals surface area (Å²) in [6.07, 6.45) is 4.91. The van der Waals surface area contributed by atoms with Gasteiger partial charge in [-0.15, -0.1) is 0 Å². The van der Waals surface area contributed by atoms with Crippen molar-refractivity contribution in [2.45, 2.75) is 30.7 Å². The van der Waals surface area contributed by atoms with Crippen LogP contribution in [0.3, 0.4) is 0 Å². The SMILES string of the molecule is Cn1ccnc1C1N(C(=O)CCc2cccc(O)c2)CCC12C(=O)Nc1ccccc12. The Hall–Kier alpha value is -3.61. The van der Waals surface area contributed by atoms with Crippen molar-refractivity contribution in [1.82, 2.24) is 14.5 Å². The van der Waals surface area contributed by atoms with Crippen molar-refractivity contribution in [3.63, 3.8) is 0 Å². The first-order valence-electron chi connectivity index (χ1n) is 10.5. The van der Waals surface area contributed by atoms with Crippen molar-refractivity contribution >= 4 is 17.5 Å². The molecule has 7 nitrogen and oxygen atoms in total. The number of aromatic hydroxyl groups is 1. The molecule has 1 saturated heterocycles. The summed E-state index contributed by atoms with van der Waals surface area (Å²) < 4.78 is 1.89. The number of anilines is 1. The molecule has 2 amide bonds. The van der Waals surface area contributed by atoms with Gasteiger partial charge in [-0.3, -0.25) is 9.59 Å². The highest BCUT2D eigenvalue weighted by molar-refractivity contribution is 6.07. The third-order valence-electron chi connectivity index (χ3n) is 6.55. The summed E-state index contributed by atoms with van der Waals surface area (Å²) in [7, 11) is 1.89. The second kappa shape index (κ2) is 7.27. The summed E-state index contributed by atoms with van der Waals surface area (Å²) in [6.45, 7) is 0.484. The third-order valence-corrected chi connectivity index (χ3v) is 6.55. The molecule has 2 unspecified atom stereocenters. The van der Waals surface area contributed by atoms with E-state index in [1.807, 2.05) is 53.0 Å². The summed E-state index contributed by atoms with van der Waals surface area (Å²) in [5, 5.41) is 12.7. The highest BCUT2D eigenvalue weighted by Crippen LogP contribution is 2.54. The van der Waals surface area contributed by atoms with Crippen LogP contribution >= 0.6 is 0 Å². The van der Waals surface area contributed by atoms with Crippen molar-refractivity contribution < 1.29 is 14.7 Å². The van der Waals surface area contributed by atoms with E-state index >= 15 is 0 Å². The number of carbonyl (C=O) groups is 2. The number of para-hydroxylation sites is 1. The monoisotopic (exact) mass is 416 g/mol. The predicted molar refractivity (Wildman–Crippen MR) is 115 cm³/mol. The minimum Gasteiger partial charge on any atom is -0.508 e. The second-order valence-corrected chi connectivity index (χ2v) is 8.28. The standard InChI is InChI=1S/C24H24N4O3/c1-27-14-12-25-22(27)21-24(18-7-2-3-8-19(18)26-23(24)31)11-13-28(21)20(30)10-9-16-5-4-6-17(29)15-16/h2-8,12,14-15,21,29H,9-11,13H2,1H3,(H,26,31). The molecule has 0 saturated carbocycles. The number of fused-ring (bicyclic) bond motifs is 2. The molecule has 7 heteroatoms. The fraction of sp³-hybridized carbons (Fsp3) is 0.292. The number of nitrogens with one attached hydrogen (secondary N) is 1. The molecule has 31 heavy (non-hydrogen) atoms. The molecule has 158 valence electrons. The number of aryl methyl sites for hydroxylation is 2. The quantitative estimate of drug-likeness (QED) is 0.685. The number of carbonyl (C=O) groups excluding carboxylic acids is 2. The van der Waals surface area contributed by atoms with Crippen LogP contribution < -0.4 is 5.32 Å². The fourth-order valence-corrected chi connectivity index (χ4v) is 5.06. The number of phenolic OH excluding ortho intramolecular Hbond substituents is 1. The van der Waals surface area contributed by atoms with Crippen LogP contribution in [-0.4, -0.2) is 37.9 Å². The maximum absolute atomic E-state index is 13.4. The van der Waals surface area contributed by atoms with Gasteiger partial charge in [0.1, 0.15) is 23.0 Å². The number of amides is 2. The lowest BCUT2D eigenvalue weighted by Crippen LogP contribution is -2.43. The number of benzene rings is 2. The molecule has 2 aromatic carbocycles. The van der Waals surface area contributed by atoms with Crippen LogP contribution in [0, 0.1) is 0 Å². The molecule has 2 N–H and O–H groups in total. The van der Waals surface area contributed by atoms with Gasteiger partial charge in [-0.05, 0) is 42.2 Å². The minimum atomic E-state index is -0.851. The Kier molecular flexibility index (Phi) is 4.54. The molecule has 3 aromatic rings. The van der Waals surface area contributed by atoms with Gasteiger partial charge in [0.15, 0.2) is 0 Å². The summed E-state index contributed by atoms with van der Waals surface area (Å²) >= 11 is 0. The second-order valence-electron chi connectivity index (χ2n) is 8.28. The summed E-state index contributed by atoms with van der Waals surface area (Å²) in [4.78, 5) is 33.1. The van der Waals surface area contributed by atoms with Crippen LogP contribution in [0.4, 0.5) is 5.69 Å². The van der Waals surface area contributed by atoms with E-state index in [2.05, 4.69) is 10.3 Å². The highest BCUT2D eigenvalue weighted by Gasteiger charge is 2.60. The molecule has 3 heterocycles. The molecular formula is C24H24N4O3. The highest BCUT2D eigenvalue weighted by atomic mass is 16.3. The molecule has 1 fully saturated rings. The molecule has 2 aliphatic heterocycles. The Bertz CT molecular complexity index is 1170. The van der Waals surface area contributed by atoms with Gasteiger partial charge in [-0.1, -0.05) is 30.3 Å². The maximum atomic E-state index is 13.4. The molecule has 2 aliphatic rings. The van der Waals surface area contributed by atoms with E-state index in [1.54, 1.807) is 24.4 Å². The molecule has 1 spiro atoms. The molecular weight excluding hydrogens is 392 g/mol. The number of nitrogens with zero attached hydrogens (tertiary/aromatic N) is 3. The molecule has 5 rings (SSSR count). The van der Waals surface area contributed by atoms with E-state index in [0.717, 1.165) is 16.8 Å². The number of likely N-dealkylation sites (tertiary alicyclic amines) is 1. The van der Waals surface area contributed by atoms with Crippen LogP contribution in [0.2, 0.25) is 0 Å². The number of rotatable bonds is 4. The number of hydrogen-bond donors (Lipinski definition) is 2. The number of imidazole rings is 1. The maximum Gasteiger partial charge on any atom is 0.237 e. The van der Waals surface area contributed by atoms with Gasteiger partial charge in [-0.2, -0.15) is 0 Å². The zero-order valence-electron chi connectivity index (χ0n) is 17.3. The van der Waals surface area contributed by atoms with Crippen LogP contribution in [0.5, 0.6) is 5.75 Å². The lowest BCUT2D eigenvalue weighted by Gasteiger charge is -2.33. The fourth-order valence-electron chi connectivity index (χ4n) is 5.06. The van der Waals surface area contributed by atoms with Crippen molar-refractivity contribution in [2.75, 3.05) is 11.9 Å². The van der Waals surface area contributed by atoms with Crippen molar-refractivity contribution in [3.8, 4) is 5.75 Å². The molecule has 0 bridgehead atoms. The Labute approximate surface area is 180 Å². The van der Waals surface area contributed by atoms with Gasteiger partial charge in [0.2, 0.25) is 11.8 Å². The predicted octanol–water partition coefficient (Wildman–Crippen LogP) is 2.92. The molecule has 0 radical (unpaired) electrons. The van der Waals surface area contributed by atoms with Crippen LogP contribution in [0.25, 0.3) is 0 Å². The summed E-state index contributed by atoms with van der Waals surface area (Å²) in [5.74, 6) is 0.792. The molecule has 1 aromatic heterocycles. The van der Waals surface area contributed by atoms with E-state index in [4.69, 9.17) is 0 Å². The largest absolute Gasteiger partial charge is 0.508 e. The van der Waals surface area contributed by atoms with Crippen LogP contribution in [0.15, 0.2) is 60.9 Å². The topological polar surface area (TPSA) is 87.5 Å². The first-order valence-corrected chi connectivity index (χ1v) is 10.5. The third kappa shape index (κ3) is 3.00. The lowest BCUT2D eigenvalue weighted by molar-refractivity contribution is -0.133. The van der Waals surface area contributed by atoms with Crippen molar-refractivity contribution in [2.24, 2.45) is 7.05 Å². The molecule has 2 atom stereocenters. The van der Waals surface area contributed by atoms with Gasteiger partial charge >= 0.3 is 0 Å². The van der Waals surface area contributed by atoms with E-state index in [0.29, 0.717) is 31.6 Å². The van der Waals surface area contributed by atoms with Gasteiger partial charge in [-0.25, -0.2) is 4.98 Å². The Morgan fingerprint density at radius 3 is 2.87 bits per heavy atom. The zero-order valence-corrected chi connectivity index (χ0v) is 17.3. The normalized spacial score (nSPS) is 22.0. The average Bonchev–Trinajstić information content (AvgIpc) is 3.43. The van der Waals surface area contributed by atoms with Crippen molar-refractivity contribution in [1.29, 1.82) is 0 Å². The van der Waals surface area contributed by atoms with Crippen molar-refractivity contribution in [3.05, 3.63) is 77.9 Å². The summed E-state index contributed by atoms with van der Waals surface area (Å²) in [5.41, 5.74) is 1.79. The van der Waals surface area contributed by atoms with E-state index in [1.165, 1.54) is 0 Å². The van der Waals surface area contributed by atoms with Gasteiger partial charge in [0.25, 0.3) is 0 Å². The van der Waals surface area contributed by atoms with E-state index in [-0.39, 0.29) is 17.6 Å². The Balaban J connectivity index is 1.51. The molecule has 0 aliphatic carbocycles. The Morgan fingerprint density at radius 1 is 1.26 bits per heavy atom. The van der Waals surface area contributed by atoms with Gasteiger partial charge in [0, 0.05) is 38.1 Å². The van der Waals surface area contributed by atoms with Crippen LogP contribution in [0.1, 0.15) is 35.8 Å². The van der Waals surface area contributed by atoms with E-state index in [9.17, 15) is 14.7 Å². The number of hydrogen-bond acceptors (Lipinski definition) is 4.